The van der Waals surface area contributed by atoms with Crippen molar-refractivity contribution in [3.8, 4) is 11.4 Å². The molecule has 3 aromatic rings. The van der Waals surface area contributed by atoms with E-state index in [0.717, 1.165) is 18.7 Å². The third kappa shape index (κ3) is 4.63. The fraction of sp³-hybridized carbons (Fsp3) is 0.421. The second-order valence-electron chi connectivity index (χ2n) is 6.60. The molecule has 1 fully saturated rings. The Kier molecular flexibility index (Phi) is 5.96. The molecule has 4 heterocycles. The van der Waals surface area contributed by atoms with Crippen LogP contribution in [0.4, 0.5) is 0 Å². The third-order valence-electron chi connectivity index (χ3n) is 4.76. The average Bonchev–Trinajstić information content (AvgIpc) is 3.49. The number of nitrogens with one attached hydrogen (secondary N) is 1. The molecule has 1 N–H and O–H groups in total. The summed E-state index contributed by atoms with van der Waals surface area (Å²) in [5.41, 5.74) is 0.948. The Morgan fingerprint density at radius 1 is 1.30 bits per heavy atom. The summed E-state index contributed by atoms with van der Waals surface area (Å²) in [7, 11) is 0. The normalized spacial score (nSPS) is 15.9. The molecule has 0 aliphatic carbocycles. The zero-order valence-corrected chi connectivity index (χ0v) is 16.6. The number of aromatic nitrogens is 2. The van der Waals surface area contributed by atoms with Gasteiger partial charge in [-0.25, -0.2) is 0 Å². The second kappa shape index (κ2) is 8.77. The highest BCUT2D eigenvalue weighted by Gasteiger charge is 2.24. The van der Waals surface area contributed by atoms with Crippen LogP contribution in [-0.4, -0.2) is 40.6 Å². The van der Waals surface area contributed by atoms with Gasteiger partial charge in [-0.3, -0.25) is 9.69 Å². The fourth-order valence-corrected chi connectivity index (χ4v) is 4.82. The first-order chi connectivity index (χ1) is 13.3. The summed E-state index contributed by atoms with van der Waals surface area (Å²) < 4.78 is 5.26. The van der Waals surface area contributed by atoms with Gasteiger partial charge in [0.05, 0.1) is 6.04 Å². The molecule has 27 heavy (non-hydrogen) atoms. The van der Waals surface area contributed by atoms with Gasteiger partial charge in [-0.05, 0) is 48.8 Å². The lowest BCUT2D eigenvalue weighted by Crippen LogP contribution is -2.36. The van der Waals surface area contributed by atoms with Crippen LogP contribution in [0.5, 0.6) is 0 Å². The topological polar surface area (TPSA) is 71.3 Å². The highest BCUT2D eigenvalue weighted by molar-refractivity contribution is 7.10. The van der Waals surface area contributed by atoms with Crippen LogP contribution in [0.25, 0.3) is 11.4 Å². The van der Waals surface area contributed by atoms with Gasteiger partial charge in [-0.15, -0.1) is 11.3 Å². The number of rotatable bonds is 8. The summed E-state index contributed by atoms with van der Waals surface area (Å²) in [5.74, 6) is 1.10. The van der Waals surface area contributed by atoms with E-state index in [1.807, 2.05) is 16.8 Å². The van der Waals surface area contributed by atoms with E-state index in [9.17, 15) is 4.79 Å². The largest absolute Gasteiger partial charge is 0.354 e. The van der Waals surface area contributed by atoms with Crippen LogP contribution in [-0.2, 0) is 11.2 Å². The summed E-state index contributed by atoms with van der Waals surface area (Å²) in [4.78, 5) is 20.5. The molecule has 1 aliphatic heterocycles. The summed E-state index contributed by atoms with van der Waals surface area (Å²) in [5, 5.41) is 13.1. The molecule has 0 aromatic carbocycles. The number of carbonyl (C=O) groups is 1. The second-order valence-corrected chi connectivity index (χ2v) is 8.36. The Bertz CT molecular complexity index is 839. The van der Waals surface area contributed by atoms with Crippen LogP contribution in [0, 0.1) is 0 Å². The van der Waals surface area contributed by atoms with E-state index in [4.69, 9.17) is 4.52 Å². The highest BCUT2D eigenvalue weighted by Crippen LogP contribution is 2.27. The molecule has 142 valence electrons. The van der Waals surface area contributed by atoms with Gasteiger partial charge >= 0.3 is 0 Å². The molecule has 1 aliphatic rings. The smallest absolute Gasteiger partial charge is 0.227 e. The minimum atomic E-state index is 0.0195. The molecule has 6 nitrogen and oxygen atoms in total. The molecule has 1 amide bonds. The molecule has 0 spiro atoms. The molecular weight excluding hydrogens is 380 g/mol. The van der Waals surface area contributed by atoms with Crippen molar-refractivity contribution in [2.24, 2.45) is 0 Å². The van der Waals surface area contributed by atoms with Gasteiger partial charge in [0.25, 0.3) is 0 Å². The monoisotopic (exact) mass is 402 g/mol. The van der Waals surface area contributed by atoms with Gasteiger partial charge < -0.3 is 9.84 Å². The maximum atomic E-state index is 12.3. The fourth-order valence-electron chi connectivity index (χ4n) is 3.33. The van der Waals surface area contributed by atoms with Crippen molar-refractivity contribution in [3.63, 3.8) is 0 Å². The Morgan fingerprint density at radius 2 is 2.19 bits per heavy atom. The van der Waals surface area contributed by atoms with Crippen molar-refractivity contribution in [1.29, 1.82) is 0 Å². The summed E-state index contributed by atoms with van der Waals surface area (Å²) in [6.07, 6.45) is 3.28. The maximum absolute atomic E-state index is 12.3. The third-order valence-corrected chi connectivity index (χ3v) is 6.42. The van der Waals surface area contributed by atoms with Gasteiger partial charge in [0.1, 0.15) is 0 Å². The van der Waals surface area contributed by atoms with Crippen LogP contribution >= 0.6 is 22.7 Å². The Hall–Kier alpha value is -2.03. The zero-order chi connectivity index (χ0) is 18.5. The molecule has 0 bridgehead atoms. The molecule has 0 saturated carbocycles. The van der Waals surface area contributed by atoms with E-state index in [1.165, 1.54) is 17.7 Å². The van der Waals surface area contributed by atoms with Gasteiger partial charge in [-0.1, -0.05) is 11.2 Å². The number of amides is 1. The molecule has 4 rings (SSSR count). The lowest BCUT2D eigenvalue weighted by molar-refractivity contribution is -0.121. The van der Waals surface area contributed by atoms with Crippen LogP contribution < -0.4 is 5.32 Å². The molecule has 0 radical (unpaired) electrons. The first-order valence-electron chi connectivity index (χ1n) is 9.19. The van der Waals surface area contributed by atoms with E-state index in [0.29, 0.717) is 31.1 Å². The number of hydrogen-bond donors (Lipinski definition) is 1. The lowest BCUT2D eigenvalue weighted by atomic mass is 10.2. The number of aryl methyl sites for hydroxylation is 1. The number of nitrogens with zero attached hydrogens (tertiary/aromatic N) is 3. The van der Waals surface area contributed by atoms with Gasteiger partial charge in [0, 0.05) is 35.2 Å². The predicted octanol–water partition coefficient (Wildman–Crippen LogP) is 3.75. The van der Waals surface area contributed by atoms with Crippen LogP contribution in [0.3, 0.4) is 0 Å². The summed E-state index contributed by atoms with van der Waals surface area (Å²) in [6, 6.07) is 6.45. The zero-order valence-electron chi connectivity index (χ0n) is 15.0. The van der Waals surface area contributed by atoms with E-state index in [2.05, 4.69) is 37.9 Å². The summed E-state index contributed by atoms with van der Waals surface area (Å²) >= 11 is 3.35. The van der Waals surface area contributed by atoms with E-state index < -0.39 is 0 Å². The van der Waals surface area contributed by atoms with E-state index in [-0.39, 0.29) is 11.9 Å². The lowest BCUT2D eigenvalue weighted by Gasteiger charge is -2.26. The van der Waals surface area contributed by atoms with Gasteiger partial charge in [-0.2, -0.15) is 16.3 Å². The van der Waals surface area contributed by atoms with Crippen LogP contribution in [0.1, 0.15) is 36.1 Å². The van der Waals surface area contributed by atoms with E-state index >= 15 is 0 Å². The average molecular weight is 403 g/mol. The number of likely N-dealkylation sites (tertiary alicyclic amines) is 1. The SMILES string of the molecule is O=C(CCc1nc(-c2ccsc2)no1)NCC(c1cccs1)N1CCCC1. The van der Waals surface area contributed by atoms with Crippen molar-refractivity contribution >= 4 is 28.6 Å². The Morgan fingerprint density at radius 3 is 2.93 bits per heavy atom. The highest BCUT2D eigenvalue weighted by atomic mass is 32.1. The summed E-state index contributed by atoms with van der Waals surface area (Å²) in [6.45, 7) is 2.85. The van der Waals surface area contributed by atoms with Crippen molar-refractivity contribution in [3.05, 3.63) is 45.1 Å². The molecule has 1 saturated heterocycles. The van der Waals surface area contributed by atoms with Crippen molar-refractivity contribution in [1.82, 2.24) is 20.4 Å². The first-order valence-corrected chi connectivity index (χ1v) is 11.0. The molecular formula is C19H22N4O2S2. The number of hydrogen-bond acceptors (Lipinski definition) is 7. The van der Waals surface area contributed by atoms with Crippen molar-refractivity contribution < 1.29 is 9.32 Å². The van der Waals surface area contributed by atoms with Gasteiger partial charge in [0.15, 0.2) is 0 Å². The molecule has 1 atom stereocenters. The van der Waals surface area contributed by atoms with Crippen molar-refractivity contribution in [2.75, 3.05) is 19.6 Å². The molecule has 8 heteroatoms. The predicted molar refractivity (Wildman–Crippen MR) is 107 cm³/mol. The molecule has 1 unspecified atom stereocenters. The number of thiophene rings is 2. The number of carbonyl (C=O) groups excluding carboxylic acids is 1. The molecule has 3 aromatic heterocycles. The van der Waals surface area contributed by atoms with E-state index in [1.54, 1.807) is 22.7 Å². The minimum Gasteiger partial charge on any atom is -0.354 e. The first kappa shape index (κ1) is 18.3. The minimum absolute atomic E-state index is 0.0195. The van der Waals surface area contributed by atoms with Crippen LogP contribution in [0.2, 0.25) is 0 Å². The quantitative estimate of drug-likeness (QED) is 0.621. The van der Waals surface area contributed by atoms with Gasteiger partial charge in [0.2, 0.25) is 17.6 Å². The maximum Gasteiger partial charge on any atom is 0.227 e. The standard InChI is InChI=1S/C19H22N4O2S2/c24-17(5-6-18-21-19(22-25-18)14-7-11-26-13-14)20-12-15(16-4-3-10-27-16)23-8-1-2-9-23/h3-4,7,10-11,13,15H,1-2,5-6,8-9,12H2,(H,20,24). The Labute approximate surface area is 166 Å². The van der Waals surface area contributed by atoms with Crippen LogP contribution in [0.15, 0.2) is 38.9 Å². The Balaban J connectivity index is 1.28. The van der Waals surface area contributed by atoms with Crippen molar-refractivity contribution in [2.45, 2.75) is 31.7 Å².